The predicted molar refractivity (Wildman–Crippen MR) is 131 cm³/mol. The molecule has 9 nitrogen and oxygen atoms in total. The number of halogens is 1. The van der Waals surface area contributed by atoms with Crippen LogP contribution in [0.15, 0.2) is 53.3 Å². The molecule has 2 aliphatic rings. The van der Waals surface area contributed by atoms with Crippen LogP contribution in [0.3, 0.4) is 0 Å². The second-order valence-corrected chi connectivity index (χ2v) is 11.3. The van der Waals surface area contributed by atoms with Gasteiger partial charge in [-0.25, -0.2) is 22.8 Å². The number of benzene rings is 1. The van der Waals surface area contributed by atoms with Crippen molar-refractivity contribution in [3.05, 3.63) is 60.5 Å². The van der Waals surface area contributed by atoms with Gasteiger partial charge < -0.3 is 9.32 Å². The Labute approximate surface area is 206 Å². The molecule has 1 aromatic carbocycles. The molecule has 11 heteroatoms. The maximum atomic E-state index is 13.6. The second-order valence-electron chi connectivity index (χ2n) is 9.12. The summed E-state index contributed by atoms with van der Waals surface area (Å²) in [6.45, 7) is 2.67. The number of amides is 1. The number of hydrogen-bond donors (Lipinski definition) is 0. The van der Waals surface area contributed by atoms with E-state index in [4.69, 9.17) is 9.52 Å². The largest absolute Gasteiger partial charge is 0.438 e. The van der Waals surface area contributed by atoms with Crippen molar-refractivity contribution in [1.82, 2.24) is 24.6 Å². The molecule has 0 atom stereocenters. The number of hydrogen-bond acceptors (Lipinski definition) is 7. The average Bonchev–Trinajstić information content (AvgIpc) is 3.48. The van der Waals surface area contributed by atoms with Gasteiger partial charge in [0.05, 0.1) is 28.6 Å². The summed E-state index contributed by atoms with van der Waals surface area (Å²) in [5.74, 6) is 0.291. The Morgan fingerprint density at radius 3 is 2.64 bits per heavy atom. The van der Waals surface area contributed by atoms with Crippen molar-refractivity contribution >= 4 is 32.4 Å². The molecule has 0 saturated carbocycles. The molecular weight excluding hydrogens is 485 g/mol. The maximum Gasteiger partial charge on any atom is 0.230 e. The van der Waals surface area contributed by atoms with Crippen molar-refractivity contribution in [2.24, 2.45) is 0 Å². The first-order valence-electron chi connectivity index (χ1n) is 11.5. The minimum atomic E-state index is -3.06. The van der Waals surface area contributed by atoms with E-state index in [0.717, 1.165) is 12.0 Å². The van der Waals surface area contributed by atoms with Crippen LogP contribution in [0.25, 0.3) is 39.2 Å². The third-order valence-corrected chi connectivity index (χ3v) is 8.40. The molecule has 0 bridgehead atoms. The van der Waals surface area contributed by atoms with Crippen LogP contribution >= 0.6 is 0 Å². The molecule has 5 heterocycles. The molecule has 3 aromatic heterocycles. The quantitative estimate of drug-likeness (QED) is 0.416. The van der Waals surface area contributed by atoms with Crippen molar-refractivity contribution in [3.63, 3.8) is 0 Å². The van der Waals surface area contributed by atoms with Crippen molar-refractivity contribution in [2.75, 3.05) is 24.6 Å². The van der Waals surface area contributed by atoms with Crippen LogP contribution in [-0.4, -0.2) is 63.6 Å². The Bertz CT molecular complexity index is 1630. The number of aromatic nitrogens is 4. The Morgan fingerprint density at radius 2 is 1.92 bits per heavy atom. The van der Waals surface area contributed by atoms with Crippen LogP contribution in [-0.2, 0) is 14.6 Å². The molecule has 1 fully saturated rings. The van der Waals surface area contributed by atoms with E-state index in [1.165, 1.54) is 18.5 Å². The highest BCUT2D eigenvalue weighted by molar-refractivity contribution is 7.92. The molecule has 1 saturated heterocycles. The molecule has 0 unspecified atom stereocenters. The van der Waals surface area contributed by atoms with E-state index < -0.39 is 9.84 Å². The van der Waals surface area contributed by atoms with Gasteiger partial charge in [-0.1, -0.05) is 6.08 Å². The molecule has 0 aliphatic carbocycles. The van der Waals surface area contributed by atoms with Crippen LogP contribution in [0.5, 0.6) is 0 Å². The van der Waals surface area contributed by atoms with Crippen LogP contribution in [0.4, 0.5) is 4.39 Å². The van der Waals surface area contributed by atoms with Crippen molar-refractivity contribution < 1.29 is 22.0 Å². The van der Waals surface area contributed by atoms with Gasteiger partial charge in [0.2, 0.25) is 11.6 Å². The van der Waals surface area contributed by atoms with Crippen LogP contribution in [0.1, 0.15) is 25.1 Å². The number of sulfone groups is 1. The molecular formula is C25H22FN5O4S. The Hall–Kier alpha value is -3.86. The monoisotopic (exact) mass is 507 g/mol. The third-order valence-electron chi connectivity index (χ3n) is 6.61. The first kappa shape index (κ1) is 22.6. The molecule has 4 aromatic rings. The van der Waals surface area contributed by atoms with E-state index in [-0.39, 0.29) is 29.3 Å². The van der Waals surface area contributed by atoms with E-state index in [9.17, 15) is 17.6 Å². The predicted octanol–water partition coefficient (Wildman–Crippen LogP) is 3.50. The topological polar surface area (TPSA) is 111 Å². The zero-order chi connectivity index (χ0) is 25.0. The minimum Gasteiger partial charge on any atom is -0.438 e. The maximum absolute atomic E-state index is 13.6. The number of furan rings is 1. The van der Waals surface area contributed by atoms with Crippen LogP contribution < -0.4 is 0 Å². The van der Waals surface area contributed by atoms with Gasteiger partial charge in [0.25, 0.3) is 0 Å². The van der Waals surface area contributed by atoms with Crippen molar-refractivity contribution in [3.8, 4) is 22.5 Å². The summed E-state index contributed by atoms with van der Waals surface area (Å²) in [7, 11) is -3.06. The first-order chi connectivity index (χ1) is 17.3. The molecule has 184 valence electrons. The van der Waals surface area contributed by atoms with E-state index in [0.29, 0.717) is 52.5 Å². The van der Waals surface area contributed by atoms with Gasteiger partial charge in [-0.3, -0.25) is 9.48 Å². The van der Waals surface area contributed by atoms with Gasteiger partial charge in [0, 0.05) is 42.9 Å². The van der Waals surface area contributed by atoms with Gasteiger partial charge in [0.1, 0.15) is 23.6 Å². The van der Waals surface area contributed by atoms with Crippen LogP contribution in [0.2, 0.25) is 0 Å². The molecule has 2 aliphatic heterocycles. The number of carbonyl (C=O) groups is 1. The lowest BCUT2D eigenvalue weighted by Gasteiger charge is -2.25. The lowest BCUT2D eigenvalue weighted by Crippen LogP contribution is -2.38. The molecule has 1 amide bonds. The highest BCUT2D eigenvalue weighted by Crippen LogP contribution is 2.38. The standard InChI is InChI=1S/C25H22FN5O4S/c1-15(32)30-8-2-3-17(10-30)22-9-20-24(27-14-28-25(20)35-22)21-11-31(19-12-36(33,34)13-19)29-23(21)16-4-6-18(26)7-5-16/h3-7,9,11,14,19H,2,8,10,12-13H2,1H3. The van der Waals surface area contributed by atoms with E-state index in [1.54, 1.807) is 34.8 Å². The van der Waals surface area contributed by atoms with Gasteiger partial charge >= 0.3 is 0 Å². The number of fused-ring (bicyclic) bond motifs is 1. The third kappa shape index (κ3) is 3.98. The van der Waals surface area contributed by atoms with Gasteiger partial charge in [-0.2, -0.15) is 5.10 Å². The zero-order valence-electron chi connectivity index (χ0n) is 19.4. The molecule has 0 N–H and O–H groups in total. The van der Waals surface area contributed by atoms with E-state index in [1.807, 2.05) is 6.07 Å². The summed E-state index contributed by atoms with van der Waals surface area (Å²) in [6.07, 6.45) is 5.98. The normalized spacial score (nSPS) is 17.7. The number of nitrogens with zero attached hydrogens (tertiary/aromatic N) is 5. The van der Waals surface area contributed by atoms with Gasteiger partial charge in [-0.05, 0) is 36.8 Å². The average molecular weight is 508 g/mol. The SMILES string of the molecule is CC(=O)N1CCC=C(c2cc3c(-c4cn(C5CS(=O)(=O)C5)nc4-c4ccc(F)cc4)ncnc3o2)C1. The lowest BCUT2D eigenvalue weighted by atomic mass is 10.0. The fourth-order valence-corrected chi connectivity index (χ4v) is 6.06. The molecule has 0 spiro atoms. The highest BCUT2D eigenvalue weighted by atomic mass is 32.2. The summed E-state index contributed by atoms with van der Waals surface area (Å²) < 4.78 is 44.9. The smallest absolute Gasteiger partial charge is 0.230 e. The molecule has 36 heavy (non-hydrogen) atoms. The lowest BCUT2D eigenvalue weighted by molar-refractivity contribution is -0.128. The van der Waals surface area contributed by atoms with Crippen molar-refractivity contribution in [1.29, 1.82) is 0 Å². The van der Waals surface area contributed by atoms with E-state index in [2.05, 4.69) is 16.0 Å². The Balaban J connectivity index is 1.46. The Kier molecular flexibility index (Phi) is 5.25. The summed E-state index contributed by atoms with van der Waals surface area (Å²) in [5.41, 5.74) is 3.75. The Morgan fingerprint density at radius 1 is 1.14 bits per heavy atom. The fourth-order valence-electron chi connectivity index (χ4n) is 4.68. The highest BCUT2D eigenvalue weighted by Gasteiger charge is 2.36. The van der Waals surface area contributed by atoms with Gasteiger partial charge in [0.15, 0.2) is 9.84 Å². The fraction of sp³-hybridized carbons (Fsp3) is 0.280. The second kappa shape index (κ2) is 8.37. The van der Waals surface area contributed by atoms with Crippen molar-refractivity contribution in [2.45, 2.75) is 19.4 Å². The molecule has 0 radical (unpaired) electrons. The van der Waals surface area contributed by atoms with Crippen LogP contribution in [0, 0.1) is 5.82 Å². The zero-order valence-corrected chi connectivity index (χ0v) is 20.2. The summed E-state index contributed by atoms with van der Waals surface area (Å²) in [6, 6.07) is 7.56. The molecule has 6 rings (SSSR count). The summed E-state index contributed by atoms with van der Waals surface area (Å²) >= 11 is 0. The van der Waals surface area contributed by atoms with E-state index >= 15 is 0 Å². The number of rotatable bonds is 4. The van der Waals surface area contributed by atoms with Gasteiger partial charge in [-0.15, -0.1) is 0 Å². The number of carbonyl (C=O) groups excluding carboxylic acids is 1. The first-order valence-corrected chi connectivity index (χ1v) is 13.3. The minimum absolute atomic E-state index is 0.00607. The summed E-state index contributed by atoms with van der Waals surface area (Å²) in [4.78, 5) is 22.5. The summed E-state index contributed by atoms with van der Waals surface area (Å²) in [5, 5.41) is 5.35.